The van der Waals surface area contributed by atoms with Gasteiger partial charge in [0.25, 0.3) is 5.91 Å². The summed E-state index contributed by atoms with van der Waals surface area (Å²) in [6.45, 7) is 2.89. The number of hydrogen-bond donors (Lipinski definition) is 2. The fourth-order valence-corrected chi connectivity index (χ4v) is 2.79. The predicted octanol–water partition coefficient (Wildman–Crippen LogP) is -0.331. The molecule has 4 heterocycles. The quantitative estimate of drug-likeness (QED) is 0.642. The lowest BCUT2D eigenvalue weighted by molar-refractivity contribution is 0.0919. The molecule has 25 heavy (non-hydrogen) atoms. The predicted molar refractivity (Wildman–Crippen MR) is 81.8 cm³/mol. The van der Waals surface area contributed by atoms with Crippen LogP contribution < -0.4 is 5.32 Å². The first-order chi connectivity index (χ1) is 12.2. The Morgan fingerprint density at radius 1 is 1.44 bits per heavy atom. The fraction of sp³-hybridized carbons (Fsp3) is 0.429. The van der Waals surface area contributed by atoms with Crippen LogP contribution in [0.5, 0.6) is 0 Å². The molecule has 0 aliphatic carbocycles. The van der Waals surface area contributed by atoms with E-state index in [1.807, 2.05) is 13.0 Å². The molecule has 3 aromatic rings. The number of tetrazole rings is 1. The second-order valence-electron chi connectivity index (χ2n) is 5.91. The van der Waals surface area contributed by atoms with Crippen molar-refractivity contribution in [2.75, 3.05) is 13.2 Å². The highest BCUT2D eigenvalue weighted by Gasteiger charge is 2.31. The van der Waals surface area contributed by atoms with Gasteiger partial charge in [0.15, 0.2) is 5.82 Å². The van der Waals surface area contributed by atoms with Gasteiger partial charge in [0.2, 0.25) is 0 Å². The summed E-state index contributed by atoms with van der Waals surface area (Å²) in [7, 11) is 0. The van der Waals surface area contributed by atoms with Gasteiger partial charge in [-0.2, -0.15) is 9.78 Å². The Balaban J connectivity index is 1.41. The number of nitrogens with one attached hydrogen (secondary N) is 2. The molecule has 1 amide bonds. The van der Waals surface area contributed by atoms with Gasteiger partial charge < -0.3 is 14.6 Å². The fourth-order valence-electron chi connectivity index (χ4n) is 2.79. The second kappa shape index (κ2) is 6.43. The standard InChI is InChI=1S/C14H16N8O3/c1-8-2-10(25-19-8)3-9-5-24-6-12(9)16-14(23)11-4-13(18-17-11)22-7-15-20-21-22/h2,4,7,9,12H,3,5-6H2,1H3,(H,16,23)(H,17,18)/t9-,12+/m1/s1. The minimum Gasteiger partial charge on any atom is -0.379 e. The van der Waals surface area contributed by atoms with Gasteiger partial charge in [0, 0.05) is 24.5 Å². The summed E-state index contributed by atoms with van der Waals surface area (Å²) < 4.78 is 12.1. The topological polar surface area (TPSA) is 137 Å². The molecule has 1 saturated heterocycles. The molecule has 0 bridgehead atoms. The SMILES string of the molecule is Cc1cc(C[C@@H]2COC[C@@H]2NC(=O)c2cc(-n3cnnn3)n[nH]2)on1. The van der Waals surface area contributed by atoms with Gasteiger partial charge in [0.1, 0.15) is 17.8 Å². The van der Waals surface area contributed by atoms with Crippen LogP contribution in [-0.4, -0.2) is 60.7 Å². The van der Waals surface area contributed by atoms with E-state index < -0.39 is 0 Å². The van der Waals surface area contributed by atoms with Crippen molar-refractivity contribution in [2.45, 2.75) is 19.4 Å². The summed E-state index contributed by atoms with van der Waals surface area (Å²) in [5.41, 5.74) is 1.16. The van der Waals surface area contributed by atoms with E-state index in [4.69, 9.17) is 9.26 Å². The first kappa shape index (κ1) is 15.4. The van der Waals surface area contributed by atoms with E-state index in [-0.39, 0.29) is 17.9 Å². The van der Waals surface area contributed by atoms with Crippen molar-refractivity contribution in [1.29, 1.82) is 0 Å². The molecule has 0 radical (unpaired) electrons. The average molecular weight is 344 g/mol. The summed E-state index contributed by atoms with van der Waals surface area (Å²) in [6, 6.07) is 3.36. The first-order valence-electron chi connectivity index (χ1n) is 7.78. The average Bonchev–Trinajstić information content (AvgIpc) is 3.34. The number of aromatic nitrogens is 7. The van der Waals surface area contributed by atoms with Crippen molar-refractivity contribution < 1.29 is 14.1 Å². The second-order valence-corrected chi connectivity index (χ2v) is 5.91. The highest BCUT2D eigenvalue weighted by Crippen LogP contribution is 2.20. The number of hydrogen-bond acceptors (Lipinski definition) is 8. The Morgan fingerprint density at radius 2 is 2.36 bits per heavy atom. The third kappa shape index (κ3) is 3.26. The number of carbonyl (C=O) groups excluding carboxylic acids is 1. The number of H-pyrrole nitrogens is 1. The van der Waals surface area contributed by atoms with Crippen LogP contribution in [0.4, 0.5) is 0 Å². The van der Waals surface area contributed by atoms with Gasteiger partial charge in [-0.3, -0.25) is 9.89 Å². The zero-order valence-corrected chi connectivity index (χ0v) is 13.4. The molecule has 130 valence electrons. The van der Waals surface area contributed by atoms with Crippen LogP contribution in [0, 0.1) is 12.8 Å². The molecule has 0 unspecified atom stereocenters. The summed E-state index contributed by atoms with van der Waals surface area (Å²) in [6.07, 6.45) is 2.06. The molecule has 11 nitrogen and oxygen atoms in total. The van der Waals surface area contributed by atoms with Crippen molar-refractivity contribution >= 4 is 5.91 Å². The van der Waals surface area contributed by atoms with Crippen LogP contribution in [0.2, 0.25) is 0 Å². The van der Waals surface area contributed by atoms with Crippen LogP contribution in [0.3, 0.4) is 0 Å². The third-order valence-electron chi connectivity index (χ3n) is 4.05. The number of ether oxygens (including phenoxy) is 1. The van der Waals surface area contributed by atoms with Crippen LogP contribution in [0.25, 0.3) is 5.82 Å². The molecule has 2 N–H and O–H groups in total. The third-order valence-corrected chi connectivity index (χ3v) is 4.05. The summed E-state index contributed by atoms with van der Waals surface area (Å²) in [5, 5.41) is 24.4. The Bertz CT molecular complexity index is 855. The van der Waals surface area contributed by atoms with Crippen LogP contribution in [-0.2, 0) is 11.2 Å². The van der Waals surface area contributed by atoms with E-state index >= 15 is 0 Å². The molecular weight excluding hydrogens is 328 g/mol. The molecule has 11 heteroatoms. The first-order valence-corrected chi connectivity index (χ1v) is 7.78. The number of carbonyl (C=O) groups is 1. The molecular formula is C14H16N8O3. The minimum atomic E-state index is -0.263. The minimum absolute atomic E-state index is 0.113. The zero-order valence-electron chi connectivity index (χ0n) is 13.4. The van der Waals surface area contributed by atoms with Crippen molar-refractivity contribution in [2.24, 2.45) is 5.92 Å². The molecule has 1 aliphatic rings. The Kier molecular flexibility index (Phi) is 3.98. The number of rotatable bonds is 5. The molecule has 0 spiro atoms. The maximum atomic E-state index is 12.5. The number of aromatic amines is 1. The Labute approximate surface area is 141 Å². The van der Waals surface area contributed by atoms with E-state index in [0.29, 0.717) is 31.1 Å². The number of aryl methyl sites for hydroxylation is 1. The maximum absolute atomic E-state index is 12.5. The van der Waals surface area contributed by atoms with Crippen LogP contribution in [0.1, 0.15) is 21.9 Å². The van der Waals surface area contributed by atoms with Crippen molar-refractivity contribution in [3.63, 3.8) is 0 Å². The van der Waals surface area contributed by atoms with E-state index in [1.54, 1.807) is 6.07 Å². The van der Waals surface area contributed by atoms with Crippen LogP contribution >= 0.6 is 0 Å². The highest BCUT2D eigenvalue weighted by molar-refractivity contribution is 5.92. The normalized spacial score (nSPS) is 20.0. The van der Waals surface area contributed by atoms with E-state index in [9.17, 15) is 4.79 Å². The monoisotopic (exact) mass is 344 g/mol. The summed E-state index contributed by atoms with van der Waals surface area (Å²) in [5.74, 6) is 1.08. The number of nitrogens with zero attached hydrogens (tertiary/aromatic N) is 6. The lowest BCUT2D eigenvalue weighted by Crippen LogP contribution is -2.40. The van der Waals surface area contributed by atoms with Crippen molar-refractivity contribution in [3.8, 4) is 5.82 Å². The lowest BCUT2D eigenvalue weighted by Gasteiger charge is -2.17. The summed E-state index contributed by atoms with van der Waals surface area (Å²) >= 11 is 0. The van der Waals surface area contributed by atoms with Gasteiger partial charge in [-0.05, 0) is 17.4 Å². The highest BCUT2D eigenvalue weighted by atomic mass is 16.5. The Hall–Kier alpha value is -3.08. The van der Waals surface area contributed by atoms with Crippen LogP contribution in [0.15, 0.2) is 23.0 Å². The van der Waals surface area contributed by atoms with Gasteiger partial charge >= 0.3 is 0 Å². The lowest BCUT2D eigenvalue weighted by atomic mass is 9.98. The van der Waals surface area contributed by atoms with E-state index in [2.05, 4.69) is 36.2 Å². The molecule has 1 fully saturated rings. The van der Waals surface area contributed by atoms with Gasteiger partial charge in [-0.1, -0.05) is 5.16 Å². The van der Waals surface area contributed by atoms with E-state index in [0.717, 1.165) is 11.5 Å². The Morgan fingerprint density at radius 3 is 3.12 bits per heavy atom. The smallest absolute Gasteiger partial charge is 0.269 e. The molecule has 2 atom stereocenters. The molecule has 4 rings (SSSR count). The molecule has 3 aromatic heterocycles. The van der Waals surface area contributed by atoms with Gasteiger partial charge in [-0.25, -0.2) is 0 Å². The number of amides is 1. The molecule has 0 saturated carbocycles. The maximum Gasteiger partial charge on any atom is 0.269 e. The van der Waals surface area contributed by atoms with Crippen molar-refractivity contribution in [1.82, 2.24) is 40.9 Å². The van der Waals surface area contributed by atoms with E-state index in [1.165, 1.54) is 11.0 Å². The van der Waals surface area contributed by atoms with Gasteiger partial charge in [0.05, 0.1) is 24.9 Å². The molecule has 0 aromatic carbocycles. The zero-order chi connectivity index (χ0) is 17.2. The largest absolute Gasteiger partial charge is 0.379 e. The summed E-state index contributed by atoms with van der Waals surface area (Å²) in [4.78, 5) is 12.5. The van der Waals surface area contributed by atoms with Crippen molar-refractivity contribution in [3.05, 3.63) is 35.6 Å². The van der Waals surface area contributed by atoms with Gasteiger partial charge in [-0.15, -0.1) is 5.10 Å². The molecule has 1 aliphatic heterocycles.